The van der Waals surface area contributed by atoms with Crippen molar-refractivity contribution < 1.29 is 8.81 Å². The number of fused-ring (bicyclic) bond motifs is 1. The number of nitrogens with zero attached hydrogens (tertiary/aromatic N) is 2. The van der Waals surface area contributed by atoms with Gasteiger partial charge in [0.2, 0.25) is 11.8 Å². The molecular formula is C14H10ClFN2O. The Morgan fingerprint density at radius 2 is 1.84 bits per heavy atom. The second-order valence-corrected chi connectivity index (χ2v) is 4.86. The standard InChI is InChI=1S/C14H10ClFN2O/c1-8(15)13-17-18-14(19-13)11-6-7-12(16)10-5-3-2-4-9(10)11/h2-8H,1H3. The third-order valence-electron chi connectivity index (χ3n) is 2.88. The summed E-state index contributed by atoms with van der Waals surface area (Å²) >= 11 is 5.89. The normalized spacial score (nSPS) is 12.8. The SMILES string of the molecule is CC(Cl)c1nnc(-c2ccc(F)c3ccccc23)o1. The van der Waals surface area contributed by atoms with Crippen molar-refractivity contribution in [2.75, 3.05) is 0 Å². The molecule has 3 rings (SSSR count). The summed E-state index contributed by atoms with van der Waals surface area (Å²) in [4.78, 5) is 0. The summed E-state index contributed by atoms with van der Waals surface area (Å²) in [5.41, 5.74) is 0.702. The lowest BCUT2D eigenvalue weighted by molar-refractivity contribution is 0.507. The molecule has 0 aliphatic rings. The Labute approximate surface area is 114 Å². The summed E-state index contributed by atoms with van der Waals surface area (Å²) in [5, 5.41) is 8.75. The van der Waals surface area contributed by atoms with Crippen LogP contribution in [0.5, 0.6) is 0 Å². The Morgan fingerprint density at radius 3 is 2.53 bits per heavy atom. The minimum Gasteiger partial charge on any atom is -0.419 e. The number of hydrogen-bond donors (Lipinski definition) is 0. The first-order chi connectivity index (χ1) is 9.16. The highest BCUT2D eigenvalue weighted by atomic mass is 35.5. The molecule has 0 aliphatic heterocycles. The molecule has 1 atom stereocenters. The molecule has 0 aliphatic carbocycles. The molecule has 0 bridgehead atoms. The Hall–Kier alpha value is -1.94. The van der Waals surface area contributed by atoms with Crippen molar-refractivity contribution in [3.05, 3.63) is 48.1 Å². The molecule has 0 saturated heterocycles. The quantitative estimate of drug-likeness (QED) is 0.654. The van der Waals surface area contributed by atoms with Crippen LogP contribution in [0, 0.1) is 5.82 Å². The highest BCUT2D eigenvalue weighted by Gasteiger charge is 2.15. The number of benzene rings is 2. The summed E-state index contributed by atoms with van der Waals surface area (Å²) in [5.74, 6) is 0.425. The van der Waals surface area contributed by atoms with E-state index in [1.54, 1.807) is 25.1 Å². The van der Waals surface area contributed by atoms with Crippen molar-refractivity contribution in [3.63, 3.8) is 0 Å². The van der Waals surface area contributed by atoms with Crippen LogP contribution in [0.4, 0.5) is 4.39 Å². The van der Waals surface area contributed by atoms with E-state index in [9.17, 15) is 4.39 Å². The number of alkyl halides is 1. The number of rotatable bonds is 2. The average molecular weight is 277 g/mol. The fourth-order valence-corrected chi connectivity index (χ4v) is 2.04. The molecule has 3 aromatic rings. The molecule has 0 fully saturated rings. The van der Waals surface area contributed by atoms with Crippen molar-refractivity contribution in [1.82, 2.24) is 10.2 Å². The average Bonchev–Trinajstić information content (AvgIpc) is 2.89. The van der Waals surface area contributed by atoms with Crippen LogP contribution in [-0.2, 0) is 0 Å². The molecule has 0 amide bonds. The van der Waals surface area contributed by atoms with Crippen molar-refractivity contribution in [3.8, 4) is 11.5 Å². The molecule has 0 N–H and O–H groups in total. The van der Waals surface area contributed by atoms with Gasteiger partial charge in [-0.25, -0.2) is 4.39 Å². The van der Waals surface area contributed by atoms with Gasteiger partial charge in [0.15, 0.2) is 0 Å². The van der Waals surface area contributed by atoms with E-state index in [1.807, 2.05) is 12.1 Å². The first-order valence-electron chi connectivity index (χ1n) is 5.82. The zero-order valence-electron chi connectivity index (χ0n) is 10.1. The van der Waals surface area contributed by atoms with Crippen molar-refractivity contribution in [1.29, 1.82) is 0 Å². The van der Waals surface area contributed by atoms with Crippen molar-refractivity contribution in [2.24, 2.45) is 0 Å². The summed E-state index contributed by atoms with van der Waals surface area (Å²) in [7, 11) is 0. The van der Waals surface area contributed by atoms with Crippen LogP contribution in [0.15, 0.2) is 40.8 Å². The zero-order valence-corrected chi connectivity index (χ0v) is 10.9. The molecular weight excluding hydrogens is 267 g/mol. The summed E-state index contributed by atoms with van der Waals surface area (Å²) < 4.78 is 19.2. The van der Waals surface area contributed by atoms with E-state index >= 15 is 0 Å². The van der Waals surface area contributed by atoms with Gasteiger partial charge in [0.25, 0.3) is 0 Å². The van der Waals surface area contributed by atoms with Gasteiger partial charge in [-0.05, 0) is 24.4 Å². The highest BCUT2D eigenvalue weighted by molar-refractivity contribution is 6.20. The maximum Gasteiger partial charge on any atom is 0.248 e. The van der Waals surface area contributed by atoms with Gasteiger partial charge >= 0.3 is 0 Å². The highest BCUT2D eigenvalue weighted by Crippen LogP contribution is 2.30. The Morgan fingerprint density at radius 1 is 1.11 bits per heavy atom. The van der Waals surface area contributed by atoms with Crippen molar-refractivity contribution >= 4 is 22.4 Å². The lowest BCUT2D eigenvalue weighted by Crippen LogP contribution is -1.85. The molecule has 1 unspecified atom stereocenters. The van der Waals surface area contributed by atoms with Crippen LogP contribution >= 0.6 is 11.6 Å². The predicted molar refractivity (Wildman–Crippen MR) is 71.5 cm³/mol. The number of halogens is 2. The molecule has 0 saturated carbocycles. The maximum absolute atomic E-state index is 13.7. The maximum atomic E-state index is 13.7. The summed E-state index contributed by atoms with van der Waals surface area (Å²) in [6.07, 6.45) is 0. The van der Waals surface area contributed by atoms with Crippen LogP contribution in [-0.4, -0.2) is 10.2 Å². The van der Waals surface area contributed by atoms with Gasteiger partial charge in [-0.15, -0.1) is 21.8 Å². The smallest absolute Gasteiger partial charge is 0.248 e. The van der Waals surface area contributed by atoms with E-state index in [0.717, 1.165) is 5.39 Å². The van der Waals surface area contributed by atoms with Crippen LogP contribution in [0.1, 0.15) is 18.2 Å². The van der Waals surface area contributed by atoms with Gasteiger partial charge < -0.3 is 4.42 Å². The molecule has 96 valence electrons. The fourth-order valence-electron chi connectivity index (χ4n) is 1.95. The molecule has 1 heterocycles. The summed E-state index contributed by atoms with van der Waals surface area (Å²) in [6.45, 7) is 1.75. The third-order valence-corrected chi connectivity index (χ3v) is 3.07. The van der Waals surface area contributed by atoms with Crippen LogP contribution in [0.3, 0.4) is 0 Å². The largest absolute Gasteiger partial charge is 0.419 e. The predicted octanol–water partition coefficient (Wildman–Crippen LogP) is 4.33. The van der Waals surface area contributed by atoms with Gasteiger partial charge in [0, 0.05) is 10.9 Å². The molecule has 5 heteroatoms. The van der Waals surface area contributed by atoms with Crippen molar-refractivity contribution in [2.45, 2.75) is 12.3 Å². The Balaban J connectivity index is 2.22. The molecule has 3 nitrogen and oxygen atoms in total. The number of hydrogen-bond acceptors (Lipinski definition) is 3. The third kappa shape index (κ3) is 2.08. The zero-order chi connectivity index (χ0) is 13.4. The molecule has 0 spiro atoms. The van der Waals surface area contributed by atoms with E-state index in [1.165, 1.54) is 6.07 Å². The Bertz CT molecular complexity index is 739. The van der Waals surface area contributed by atoms with E-state index in [2.05, 4.69) is 10.2 Å². The van der Waals surface area contributed by atoms with Gasteiger partial charge in [-0.1, -0.05) is 24.3 Å². The van der Waals surface area contributed by atoms with Crippen LogP contribution < -0.4 is 0 Å². The fraction of sp³-hybridized carbons (Fsp3) is 0.143. The van der Waals surface area contributed by atoms with E-state index in [-0.39, 0.29) is 11.2 Å². The topological polar surface area (TPSA) is 38.9 Å². The number of aromatic nitrogens is 2. The first-order valence-corrected chi connectivity index (χ1v) is 6.25. The first kappa shape index (κ1) is 12.1. The van der Waals surface area contributed by atoms with Gasteiger partial charge in [-0.3, -0.25) is 0 Å². The summed E-state index contributed by atoms with van der Waals surface area (Å²) in [6, 6.07) is 10.2. The van der Waals surface area contributed by atoms with E-state index in [4.69, 9.17) is 16.0 Å². The van der Waals surface area contributed by atoms with E-state index < -0.39 is 0 Å². The Kier molecular flexibility index (Phi) is 2.95. The molecule has 0 radical (unpaired) electrons. The van der Waals surface area contributed by atoms with Crippen LogP contribution in [0.25, 0.3) is 22.2 Å². The van der Waals surface area contributed by atoms with Gasteiger partial charge in [0.05, 0.1) is 0 Å². The van der Waals surface area contributed by atoms with Gasteiger partial charge in [0.1, 0.15) is 11.2 Å². The monoisotopic (exact) mass is 276 g/mol. The minimum absolute atomic E-state index is 0.273. The van der Waals surface area contributed by atoms with E-state index in [0.29, 0.717) is 22.7 Å². The molecule has 19 heavy (non-hydrogen) atoms. The lowest BCUT2D eigenvalue weighted by Gasteiger charge is -2.03. The second kappa shape index (κ2) is 4.63. The van der Waals surface area contributed by atoms with Gasteiger partial charge in [-0.2, -0.15) is 0 Å². The molecule has 2 aromatic carbocycles. The lowest BCUT2D eigenvalue weighted by atomic mass is 10.0. The molecule has 1 aromatic heterocycles. The second-order valence-electron chi connectivity index (χ2n) is 4.20. The van der Waals surface area contributed by atoms with Crippen LogP contribution in [0.2, 0.25) is 0 Å². The minimum atomic E-state index is -0.354.